The minimum Gasteiger partial charge on any atom is -0.465 e. The van der Waals surface area contributed by atoms with Gasteiger partial charge < -0.3 is 20.5 Å². The van der Waals surface area contributed by atoms with E-state index in [-0.39, 0.29) is 34.3 Å². The maximum atomic E-state index is 14.5. The van der Waals surface area contributed by atoms with Crippen molar-refractivity contribution >= 4 is 51.8 Å². The molecule has 0 aliphatic carbocycles. The fourth-order valence-electron chi connectivity index (χ4n) is 3.06. The molecule has 0 aliphatic heterocycles. The fraction of sp³-hybridized carbons (Fsp3) is 0.136. The zero-order valence-electron chi connectivity index (χ0n) is 17.8. The van der Waals surface area contributed by atoms with E-state index in [4.69, 9.17) is 9.84 Å². The van der Waals surface area contributed by atoms with E-state index >= 15 is 0 Å². The number of carbonyl (C=O) groups is 2. The quantitative estimate of drug-likeness (QED) is 0.328. The predicted octanol–water partition coefficient (Wildman–Crippen LogP) is 4.42. The molecule has 172 valence electrons. The molecule has 33 heavy (non-hydrogen) atoms. The van der Waals surface area contributed by atoms with Gasteiger partial charge in [-0.15, -0.1) is 0 Å². The molecule has 0 saturated carbocycles. The molecule has 2 aromatic carbocycles. The smallest absolute Gasteiger partial charge is 0.409 e. The number of carboxylic acid groups (broad SMARTS) is 1. The number of aromatic nitrogens is 1. The third kappa shape index (κ3) is 5.25. The van der Waals surface area contributed by atoms with Crippen LogP contribution in [-0.4, -0.2) is 28.7 Å². The zero-order chi connectivity index (χ0) is 24.3. The summed E-state index contributed by atoms with van der Waals surface area (Å²) in [7, 11) is 2.85. The van der Waals surface area contributed by atoms with E-state index in [1.807, 2.05) is 22.6 Å². The molecule has 0 radical (unpaired) electrons. The first-order valence-corrected chi connectivity index (χ1v) is 10.7. The minimum absolute atomic E-state index is 0.0226. The minimum atomic E-state index is -1.25. The molecule has 0 saturated heterocycles. The Kier molecular flexibility index (Phi) is 7.21. The van der Waals surface area contributed by atoms with Gasteiger partial charge in [0.15, 0.2) is 0 Å². The summed E-state index contributed by atoms with van der Waals surface area (Å²) >= 11 is 1.97. The molecular weight excluding hydrogens is 546 g/mol. The number of hydrogen-bond acceptors (Lipinski definition) is 5. The van der Waals surface area contributed by atoms with Crippen molar-refractivity contribution in [2.75, 3.05) is 17.7 Å². The number of amides is 2. The summed E-state index contributed by atoms with van der Waals surface area (Å²) in [5, 5.41) is 16.6. The van der Waals surface area contributed by atoms with Gasteiger partial charge in [-0.05, 0) is 59.8 Å². The normalized spacial score (nSPS) is 10.5. The fourth-order valence-corrected chi connectivity index (χ4v) is 3.51. The first kappa shape index (κ1) is 24.0. The van der Waals surface area contributed by atoms with Crippen LogP contribution in [0.1, 0.15) is 15.9 Å². The number of rotatable bonds is 6. The summed E-state index contributed by atoms with van der Waals surface area (Å²) in [6, 6.07) is 10.3. The highest BCUT2D eigenvalue weighted by molar-refractivity contribution is 14.1. The van der Waals surface area contributed by atoms with Crippen molar-refractivity contribution in [3.63, 3.8) is 0 Å². The summed E-state index contributed by atoms with van der Waals surface area (Å²) in [5.74, 6) is -0.972. The van der Waals surface area contributed by atoms with E-state index in [9.17, 15) is 18.8 Å². The second-order valence-electron chi connectivity index (χ2n) is 6.92. The molecule has 4 N–H and O–H groups in total. The molecule has 11 heteroatoms. The lowest BCUT2D eigenvalue weighted by atomic mass is 10.1. The van der Waals surface area contributed by atoms with Gasteiger partial charge in [-0.2, -0.15) is 0 Å². The molecule has 0 spiro atoms. The molecule has 0 aliphatic rings. The highest BCUT2D eigenvalue weighted by Gasteiger charge is 2.23. The van der Waals surface area contributed by atoms with Crippen LogP contribution in [0.25, 0.3) is 0 Å². The average molecular weight is 566 g/mol. The molecule has 3 rings (SSSR count). The van der Waals surface area contributed by atoms with Gasteiger partial charge in [0, 0.05) is 29.3 Å². The van der Waals surface area contributed by atoms with Crippen LogP contribution in [-0.2, 0) is 7.05 Å². The number of hydrogen-bond donors (Lipinski definition) is 4. The van der Waals surface area contributed by atoms with Crippen LogP contribution in [0.3, 0.4) is 0 Å². The first-order chi connectivity index (χ1) is 15.6. The monoisotopic (exact) mass is 566 g/mol. The van der Waals surface area contributed by atoms with Gasteiger partial charge in [-0.1, -0.05) is 6.07 Å². The summed E-state index contributed by atoms with van der Waals surface area (Å²) < 4.78 is 22.2. The Hall–Kier alpha value is -3.61. The van der Waals surface area contributed by atoms with Crippen molar-refractivity contribution in [3.8, 4) is 11.5 Å². The van der Waals surface area contributed by atoms with Gasteiger partial charge in [0.25, 0.3) is 11.5 Å². The lowest BCUT2D eigenvalue weighted by Gasteiger charge is -2.20. The van der Waals surface area contributed by atoms with E-state index in [0.717, 1.165) is 6.07 Å². The van der Waals surface area contributed by atoms with E-state index in [1.54, 1.807) is 31.2 Å². The van der Waals surface area contributed by atoms with E-state index in [0.29, 0.717) is 9.13 Å². The van der Waals surface area contributed by atoms with E-state index in [1.165, 1.54) is 30.8 Å². The van der Waals surface area contributed by atoms with E-state index in [2.05, 4.69) is 16.0 Å². The van der Waals surface area contributed by atoms with Crippen molar-refractivity contribution < 1.29 is 23.8 Å². The number of benzene rings is 2. The number of halogens is 2. The summed E-state index contributed by atoms with van der Waals surface area (Å²) in [6.07, 6.45) is -1.25. The summed E-state index contributed by atoms with van der Waals surface area (Å²) in [5.41, 5.74) is 0.250. The second-order valence-corrected chi connectivity index (χ2v) is 8.16. The summed E-state index contributed by atoms with van der Waals surface area (Å²) in [6.45, 7) is 1.63. The highest BCUT2D eigenvalue weighted by atomic mass is 127. The van der Waals surface area contributed by atoms with Gasteiger partial charge in [-0.3, -0.25) is 19.5 Å². The van der Waals surface area contributed by atoms with Gasteiger partial charge in [0.2, 0.25) is 0 Å². The molecule has 0 unspecified atom stereocenters. The number of nitrogens with one attached hydrogen (secondary N) is 3. The third-order valence-electron chi connectivity index (χ3n) is 4.79. The SMILES string of the molecule is CNC(=O)c1c(Oc2cccc(NC(=O)O)c2C)cc(=O)n(C)c1Nc1ccc(I)cc1F. The van der Waals surface area contributed by atoms with Gasteiger partial charge in [0.1, 0.15) is 28.7 Å². The van der Waals surface area contributed by atoms with E-state index < -0.39 is 23.4 Å². The molecule has 1 aromatic heterocycles. The van der Waals surface area contributed by atoms with Crippen molar-refractivity contribution in [1.82, 2.24) is 9.88 Å². The highest BCUT2D eigenvalue weighted by Crippen LogP contribution is 2.34. The Bertz CT molecular complexity index is 1310. The van der Waals surface area contributed by atoms with Gasteiger partial charge >= 0.3 is 6.09 Å². The maximum Gasteiger partial charge on any atom is 0.409 e. The van der Waals surface area contributed by atoms with Crippen molar-refractivity contribution in [2.24, 2.45) is 7.05 Å². The third-order valence-corrected chi connectivity index (χ3v) is 5.46. The molecular formula is C22H20FIN4O5. The Morgan fingerprint density at radius 2 is 1.85 bits per heavy atom. The van der Waals surface area contributed by atoms with Crippen LogP contribution in [0.15, 0.2) is 47.3 Å². The second kappa shape index (κ2) is 9.90. The Morgan fingerprint density at radius 3 is 2.48 bits per heavy atom. The lowest BCUT2D eigenvalue weighted by molar-refractivity contribution is 0.0961. The van der Waals surface area contributed by atoms with Crippen molar-refractivity contribution in [2.45, 2.75) is 6.92 Å². The molecule has 3 aromatic rings. The topological polar surface area (TPSA) is 122 Å². The van der Waals surface area contributed by atoms with Crippen molar-refractivity contribution in [3.05, 3.63) is 73.3 Å². The van der Waals surface area contributed by atoms with Crippen LogP contribution >= 0.6 is 22.6 Å². The number of carbonyl (C=O) groups excluding carboxylic acids is 1. The molecule has 0 bridgehead atoms. The van der Waals surface area contributed by atoms with Crippen LogP contribution in [0.4, 0.5) is 26.4 Å². The Morgan fingerprint density at radius 1 is 1.12 bits per heavy atom. The number of pyridine rings is 1. The average Bonchev–Trinajstić information content (AvgIpc) is 2.75. The van der Waals surface area contributed by atoms with Crippen LogP contribution in [0.2, 0.25) is 0 Å². The van der Waals surface area contributed by atoms with Gasteiger partial charge in [0.05, 0.1) is 11.4 Å². The summed E-state index contributed by atoms with van der Waals surface area (Å²) in [4.78, 5) is 36.5. The molecule has 2 amide bonds. The molecule has 1 heterocycles. The van der Waals surface area contributed by atoms with Crippen LogP contribution < -0.4 is 26.2 Å². The predicted molar refractivity (Wildman–Crippen MR) is 130 cm³/mol. The van der Waals surface area contributed by atoms with Gasteiger partial charge in [-0.25, -0.2) is 9.18 Å². The maximum absolute atomic E-state index is 14.5. The number of ether oxygens (including phenoxy) is 1. The molecule has 0 atom stereocenters. The Balaban J connectivity index is 2.16. The lowest BCUT2D eigenvalue weighted by Crippen LogP contribution is -2.27. The van der Waals surface area contributed by atoms with Crippen molar-refractivity contribution in [1.29, 1.82) is 0 Å². The Labute approximate surface area is 201 Å². The number of nitrogens with zero attached hydrogens (tertiary/aromatic N) is 1. The van der Waals surface area contributed by atoms with Crippen LogP contribution in [0.5, 0.6) is 11.5 Å². The number of anilines is 3. The zero-order valence-corrected chi connectivity index (χ0v) is 20.0. The van der Waals surface area contributed by atoms with Crippen LogP contribution in [0, 0.1) is 16.3 Å². The largest absolute Gasteiger partial charge is 0.465 e. The molecule has 0 fully saturated rings. The standard InChI is InChI=1S/C22H20FIN4O5/c1-11-14(27-22(31)32)5-4-6-16(11)33-17-10-18(29)28(3)20(19(17)21(30)25-2)26-15-8-7-12(24)9-13(15)23/h4-10,26-27H,1-3H3,(H,25,30)(H,31,32). The first-order valence-electron chi connectivity index (χ1n) is 9.58. The molecule has 9 nitrogen and oxygen atoms in total.